The number of hydrogen-bond donors (Lipinski definition) is 2. The molecule has 0 radical (unpaired) electrons. The molecule has 3 nitrogen and oxygen atoms in total. The second-order valence-corrected chi connectivity index (χ2v) is 1.55. The molecule has 28 valence electrons. The Kier molecular flexibility index (Phi) is 13.8. The molecule has 0 fully saturated rings. The molecule has 0 aliphatic heterocycles. The fourth-order valence-corrected chi connectivity index (χ4v) is 0. The van der Waals surface area contributed by atoms with Crippen molar-refractivity contribution >= 4 is 20.4 Å². The van der Waals surface area contributed by atoms with Crippen LogP contribution in [0.1, 0.15) is 1.43 Å². The van der Waals surface area contributed by atoms with Crippen LogP contribution in [0.25, 0.3) is 0 Å². The molecule has 0 rings (SSSR count). The average molecular weight is 312 g/mol. The Morgan fingerprint density at radius 1 is 1.60 bits per heavy atom. The molecule has 0 aromatic heterocycles. The van der Waals surface area contributed by atoms with E-state index < -0.39 is 20.4 Å². The Hall–Kier alpha value is 2.56. The van der Waals surface area contributed by atoms with Crippen LogP contribution in [0.15, 0.2) is 0 Å². The third kappa shape index (κ3) is 20.8. The zero-order valence-corrected chi connectivity index (χ0v) is 11.3. The zero-order chi connectivity index (χ0) is 3.58. The smallest absolute Gasteiger partial charge is 1.00 e. The molecule has 0 aliphatic carbocycles. The van der Waals surface area contributed by atoms with Crippen LogP contribution in [0.5, 0.6) is 0 Å². The summed E-state index contributed by atoms with van der Waals surface area (Å²) in [6.45, 7) is 0. The molecule has 0 amide bonds. The van der Waals surface area contributed by atoms with Crippen molar-refractivity contribution in [2.45, 2.75) is 0 Å². The van der Waals surface area contributed by atoms with Gasteiger partial charge in [0.2, 0.25) is 0 Å². The van der Waals surface area contributed by atoms with Gasteiger partial charge in [0.25, 0.3) is 0 Å². The monoisotopic (exact) mass is 314 g/mol. The maximum Gasteiger partial charge on any atom is 1.00 e. The average Bonchev–Trinajstić information content (AvgIpc) is 0.811. The fourth-order valence-electron chi connectivity index (χ4n) is 0. The predicted octanol–water partition coefficient (Wildman–Crippen LogP) is -4.50. The van der Waals surface area contributed by atoms with Crippen LogP contribution >= 0.6 is 0 Å². The van der Waals surface area contributed by atoms with E-state index in [1.807, 2.05) is 0 Å². The first-order valence-electron chi connectivity index (χ1n) is 0.532. The maximum absolute atomic E-state index is 8.81. The van der Waals surface area contributed by atoms with Crippen LogP contribution in [-0.2, 0) is 3.10 Å². The molecule has 0 saturated carbocycles. The van der Waals surface area contributed by atoms with Crippen LogP contribution in [0.3, 0.4) is 0 Å². The Morgan fingerprint density at radius 3 is 1.60 bits per heavy atom. The molecule has 0 unspecified atom stereocenters. The zero-order valence-electron chi connectivity index (χ0n) is 3.71. The molecule has 0 aliphatic rings. The third-order valence-corrected chi connectivity index (χ3v) is 0. The van der Waals surface area contributed by atoms with Crippen LogP contribution in [0, 0.1) is 0 Å². The van der Waals surface area contributed by atoms with Crippen molar-refractivity contribution in [3.63, 3.8) is 0 Å². The van der Waals surface area contributed by atoms with Crippen molar-refractivity contribution in [3.05, 3.63) is 0 Å². The molecule has 5 heavy (non-hydrogen) atoms. The molecule has 0 heterocycles. The molecule has 0 spiro atoms. The summed E-state index contributed by atoms with van der Waals surface area (Å²) >= 11 is -3.61. The summed E-state index contributed by atoms with van der Waals surface area (Å²) in [4.78, 5) is 0. The van der Waals surface area contributed by atoms with Crippen LogP contribution < -0.4 is 68.9 Å². The minimum atomic E-state index is -3.61. The van der Waals surface area contributed by atoms with Crippen LogP contribution in [-0.4, -0.2) is 27.3 Å². The largest absolute Gasteiger partial charge is 1.00 e. The summed E-state index contributed by atoms with van der Waals surface area (Å²) in [5.41, 5.74) is 0. The van der Waals surface area contributed by atoms with E-state index in [0.29, 0.717) is 0 Å². The van der Waals surface area contributed by atoms with E-state index in [4.69, 9.17) is 10.0 Å². The Morgan fingerprint density at radius 2 is 1.60 bits per heavy atom. The maximum atomic E-state index is 8.81. The van der Waals surface area contributed by atoms with E-state index in [0.717, 1.165) is 0 Å². The van der Waals surface area contributed by atoms with Crippen molar-refractivity contribution in [1.29, 1.82) is 0 Å². The summed E-state index contributed by atoms with van der Waals surface area (Å²) in [5.74, 6) is 0. The van der Waals surface area contributed by atoms with Crippen molar-refractivity contribution in [1.82, 2.24) is 0 Å². The van der Waals surface area contributed by atoms with E-state index in [1.165, 1.54) is 0 Å². The first kappa shape index (κ1) is 10.5. The molecule has 2 N–H and O–H groups in total. The van der Waals surface area contributed by atoms with Crippen molar-refractivity contribution in [2.75, 3.05) is 0 Å². The number of hydrogen-bond acceptors (Lipinski definition) is 1. The molecule has 0 aromatic carbocycles. The van der Waals surface area contributed by atoms with E-state index in [2.05, 4.69) is 0 Å². The van der Waals surface area contributed by atoms with Gasteiger partial charge in [-0.2, -0.15) is 0 Å². The summed E-state index contributed by atoms with van der Waals surface area (Å²) in [7, 11) is 0. The van der Waals surface area contributed by atoms with Crippen molar-refractivity contribution in [3.8, 4) is 0 Å². The normalized spacial score (nSPS) is 7.00. The number of rotatable bonds is 0. The van der Waals surface area contributed by atoms with Gasteiger partial charge in [0.1, 0.15) is 0 Å². The van der Waals surface area contributed by atoms with E-state index in [1.54, 1.807) is 0 Å². The molecular formula is H3CsO3Te. The van der Waals surface area contributed by atoms with E-state index >= 15 is 0 Å². The van der Waals surface area contributed by atoms with Crippen molar-refractivity contribution < 1.29 is 80.4 Å². The van der Waals surface area contributed by atoms with Crippen LogP contribution in [0.2, 0.25) is 0 Å². The van der Waals surface area contributed by atoms with Crippen molar-refractivity contribution in [2.24, 2.45) is 0 Å². The van der Waals surface area contributed by atoms with Gasteiger partial charge in [0.15, 0.2) is 0 Å². The van der Waals surface area contributed by atoms with Gasteiger partial charge in [-0.1, -0.05) is 0 Å². The van der Waals surface area contributed by atoms with Gasteiger partial charge in [-0.15, -0.1) is 0 Å². The van der Waals surface area contributed by atoms with Gasteiger partial charge in [-0.05, 0) is 0 Å². The van der Waals surface area contributed by atoms with E-state index in [9.17, 15) is 0 Å². The van der Waals surface area contributed by atoms with Crippen LogP contribution in [0.4, 0.5) is 0 Å². The van der Waals surface area contributed by atoms with Gasteiger partial charge in [0, 0.05) is 0 Å². The molecular weight excluding hydrogens is 309 g/mol. The summed E-state index contributed by atoms with van der Waals surface area (Å²) in [6, 6.07) is 0. The predicted molar refractivity (Wildman–Crippen MR) is 12.0 cm³/mol. The molecule has 0 saturated heterocycles. The quantitative estimate of drug-likeness (QED) is 0.444. The SMILES string of the molecule is O=[Te](O)O.[Cs+].[H-]. The van der Waals surface area contributed by atoms with Gasteiger partial charge < -0.3 is 1.43 Å². The van der Waals surface area contributed by atoms with E-state index in [-0.39, 0.29) is 70.3 Å². The first-order chi connectivity index (χ1) is 1.73. The minimum Gasteiger partial charge on any atom is -1.00 e. The summed E-state index contributed by atoms with van der Waals surface area (Å²) < 4.78 is 23.3. The summed E-state index contributed by atoms with van der Waals surface area (Å²) in [5, 5.41) is 0. The third-order valence-electron chi connectivity index (χ3n) is 0. The fraction of sp³-hybridized carbons (Fsp3) is 0. The van der Waals surface area contributed by atoms with Gasteiger partial charge in [-0.25, -0.2) is 0 Å². The minimum absolute atomic E-state index is 0. The van der Waals surface area contributed by atoms with Gasteiger partial charge >= 0.3 is 99.3 Å². The Bertz CT molecular complexity index is 33.8. The molecule has 0 aromatic rings. The molecule has 5 heteroatoms. The Labute approximate surface area is 97.8 Å². The van der Waals surface area contributed by atoms with Gasteiger partial charge in [0.05, 0.1) is 0 Å². The Balaban J connectivity index is -0.0000000450. The second-order valence-electron chi connectivity index (χ2n) is 0.231. The topological polar surface area (TPSA) is 57.5 Å². The second kappa shape index (κ2) is 6.56. The summed E-state index contributed by atoms with van der Waals surface area (Å²) in [6.07, 6.45) is 0. The molecule has 0 atom stereocenters. The standard InChI is InChI=1S/Cs.H2O3Te.H/c;1-4(2)3;/h;(H2,1,2,3);/q+1;;-1. The molecule has 0 bridgehead atoms. The first-order valence-corrected chi connectivity index (χ1v) is 3.57. The van der Waals surface area contributed by atoms with Gasteiger partial charge in [-0.3, -0.25) is 0 Å².